The predicted octanol–water partition coefficient (Wildman–Crippen LogP) is 8.44. The lowest BCUT2D eigenvalue weighted by Gasteiger charge is -2.72. The smallest absolute Gasteiger partial charge is 0.302 e. The number of fused-ring (bicyclic) bond motifs is 8. The summed E-state index contributed by atoms with van der Waals surface area (Å²) in [4.78, 5) is 43.0. The summed E-state index contributed by atoms with van der Waals surface area (Å²) < 4.78 is 5.94. The second-order valence-electron chi connectivity index (χ2n) is 17.7. The van der Waals surface area contributed by atoms with Gasteiger partial charge in [0.15, 0.2) is 5.78 Å². The molecule has 1 aromatic rings. The second kappa shape index (κ2) is 10.0. The maximum absolute atomic E-state index is 14.8. The van der Waals surface area contributed by atoms with Crippen LogP contribution in [-0.4, -0.2) is 28.7 Å². The number of carbonyl (C=O) groups excluding carboxylic acids is 3. The number of Topliss-reactive ketones (excluding diaryl/α,β-unsaturated/α-hetero) is 1. The lowest BCUT2D eigenvalue weighted by Crippen LogP contribution is -2.66. The molecule has 0 spiro atoms. The van der Waals surface area contributed by atoms with Crippen molar-refractivity contribution < 1.29 is 19.1 Å². The van der Waals surface area contributed by atoms with E-state index in [4.69, 9.17) is 4.74 Å². The largest absolute Gasteiger partial charge is 0.462 e. The third kappa shape index (κ3) is 4.06. The Morgan fingerprint density at radius 3 is 2.13 bits per heavy atom. The lowest BCUT2D eigenvalue weighted by molar-refractivity contribution is -0.232. The summed E-state index contributed by atoms with van der Waals surface area (Å²) in [5.74, 6) is 1.71. The highest BCUT2D eigenvalue weighted by Crippen LogP contribution is 2.77. The summed E-state index contributed by atoms with van der Waals surface area (Å²) in [6, 6.07) is 8.43. The molecule has 0 saturated heterocycles. The molecule has 0 radical (unpaired) electrons. The van der Waals surface area contributed by atoms with Crippen molar-refractivity contribution in [3.05, 3.63) is 46.5 Å². The molecular weight excluding hydrogens is 558 g/mol. The number of hydrogen-bond acceptors (Lipinski definition) is 4. The van der Waals surface area contributed by atoms with Crippen LogP contribution in [0.5, 0.6) is 0 Å². The standard InChI is InChI=1S/C40H55NO4/c1-24(2)33-29(43)21-40(35(44)41-22-26-11-9-10-12-27(26)23-41)20-19-38(7)28(34(33)40)13-14-31-37(6)17-16-32(45-25(3)42)36(4,5)30(37)15-18-39(31,38)8/h9-12,24,28,30-32H,13-23H2,1-8H3/t28?,30?,31?,32-,37-,38+,39+,40+/m0/s1. The fourth-order valence-electron chi connectivity index (χ4n) is 13.0. The molecule has 1 aliphatic heterocycles. The van der Waals surface area contributed by atoms with Gasteiger partial charge in [0, 0.05) is 31.8 Å². The Bertz CT molecular complexity index is 1460. The van der Waals surface area contributed by atoms with E-state index in [1.807, 2.05) is 0 Å². The van der Waals surface area contributed by atoms with Crippen molar-refractivity contribution in [1.29, 1.82) is 0 Å². The zero-order valence-electron chi connectivity index (χ0n) is 29.1. The minimum absolute atomic E-state index is 0.0225. The van der Waals surface area contributed by atoms with Gasteiger partial charge in [-0.05, 0) is 114 Å². The SMILES string of the molecule is CC(=O)O[C@H]1CC[C@@]2(C)C(CC[C@]3(C)C2CCC2C4=C(C(C)C)C(=O)C[C@]4(C(=O)N4Cc5ccccc5C4)CC[C@]23C)C1(C)C. The van der Waals surface area contributed by atoms with E-state index in [0.29, 0.717) is 31.3 Å². The van der Waals surface area contributed by atoms with Crippen LogP contribution < -0.4 is 0 Å². The number of esters is 1. The molecule has 0 aromatic heterocycles. The molecule has 244 valence electrons. The minimum atomic E-state index is -0.683. The monoisotopic (exact) mass is 613 g/mol. The van der Waals surface area contributed by atoms with Crippen LogP contribution in [0, 0.1) is 50.7 Å². The van der Waals surface area contributed by atoms with Gasteiger partial charge in [-0.15, -0.1) is 0 Å². The molecule has 5 aliphatic carbocycles. The average molecular weight is 614 g/mol. The van der Waals surface area contributed by atoms with Crippen molar-refractivity contribution in [1.82, 2.24) is 4.90 Å². The molecule has 3 unspecified atom stereocenters. The third-order valence-corrected chi connectivity index (χ3v) is 15.2. The van der Waals surface area contributed by atoms with Gasteiger partial charge in [-0.1, -0.05) is 72.7 Å². The van der Waals surface area contributed by atoms with Gasteiger partial charge in [0.2, 0.25) is 5.91 Å². The molecule has 8 atom stereocenters. The predicted molar refractivity (Wildman–Crippen MR) is 176 cm³/mol. The van der Waals surface area contributed by atoms with Gasteiger partial charge >= 0.3 is 5.97 Å². The summed E-state index contributed by atoms with van der Waals surface area (Å²) in [5, 5.41) is 0. The van der Waals surface area contributed by atoms with E-state index in [-0.39, 0.29) is 57.3 Å². The van der Waals surface area contributed by atoms with Crippen LogP contribution >= 0.6 is 0 Å². The van der Waals surface area contributed by atoms with Crippen LogP contribution in [0.4, 0.5) is 0 Å². The van der Waals surface area contributed by atoms with Crippen molar-refractivity contribution in [2.45, 2.75) is 132 Å². The molecule has 4 fully saturated rings. The highest BCUT2D eigenvalue weighted by atomic mass is 16.5. The van der Waals surface area contributed by atoms with Gasteiger partial charge in [-0.25, -0.2) is 0 Å². The number of carbonyl (C=O) groups is 3. The van der Waals surface area contributed by atoms with E-state index >= 15 is 0 Å². The molecule has 1 aromatic carbocycles. The average Bonchev–Trinajstić information content (AvgIpc) is 3.53. The molecule has 4 saturated carbocycles. The van der Waals surface area contributed by atoms with E-state index in [1.54, 1.807) is 6.92 Å². The van der Waals surface area contributed by atoms with Crippen molar-refractivity contribution in [3.63, 3.8) is 0 Å². The van der Waals surface area contributed by atoms with Gasteiger partial charge in [0.1, 0.15) is 6.10 Å². The summed E-state index contributed by atoms with van der Waals surface area (Å²) in [7, 11) is 0. The van der Waals surface area contributed by atoms with E-state index in [9.17, 15) is 14.4 Å². The summed E-state index contributed by atoms with van der Waals surface area (Å²) in [6.07, 6.45) is 8.64. The number of ether oxygens (including phenoxy) is 1. The Hall–Kier alpha value is -2.43. The van der Waals surface area contributed by atoms with Crippen LogP contribution in [0.3, 0.4) is 0 Å². The Kier molecular flexibility index (Phi) is 6.95. The highest BCUT2D eigenvalue weighted by molar-refractivity contribution is 6.07. The zero-order valence-corrected chi connectivity index (χ0v) is 29.1. The third-order valence-electron chi connectivity index (χ3n) is 15.2. The summed E-state index contributed by atoms with van der Waals surface area (Å²) in [5.41, 5.74) is 4.29. The maximum Gasteiger partial charge on any atom is 0.302 e. The topological polar surface area (TPSA) is 63.7 Å². The van der Waals surface area contributed by atoms with Crippen LogP contribution in [0.2, 0.25) is 0 Å². The highest BCUT2D eigenvalue weighted by Gasteiger charge is 2.71. The normalized spacial score (nSPS) is 41.6. The lowest BCUT2D eigenvalue weighted by atomic mass is 9.33. The molecular formula is C40H55NO4. The molecule has 5 nitrogen and oxygen atoms in total. The Balaban J connectivity index is 1.26. The van der Waals surface area contributed by atoms with Crippen LogP contribution in [0.1, 0.15) is 124 Å². The Labute approximate surface area is 270 Å². The van der Waals surface area contributed by atoms with Crippen molar-refractivity contribution >= 4 is 17.7 Å². The molecule has 0 N–H and O–H groups in total. The number of allylic oxidation sites excluding steroid dienone is 1. The minimum Gasteiger partial charge on any atom is -0.462 e. The van der Waals surface area contributed by atoms with E-state index in [2.05, 4.69) is 77.6 Å². The number of rotatable bonds is 3. The second-order valence-corrected chi connectivity index (χ2v) is 17.7. The molecule has 7 rings (SSSR count). The number of ketones is 1. The van der Waals surface area contributed by atoms with Gasteiger partial charge in [0.05, 0.1) is 5.41 Å². The summed E-state index contributed by atoms with van der Waals surface area (Å²) in [6.45, 7) is 19.6. The van der Waals surface area contributed by atoms with Gasteiger partial charge < -0.3 is 9.64 Å². The zero-order chi connectivity index (χ0) is 32.3. The van der Waals surface area contributed by atoms with Gasteiger partial charge in [-0.3, -0.25) is 14.4 Å². The fraction of sp³-hybridized carbons (Fsp3) is 0.725. The number of amides is 1. The first-order valence-corrected chi connectivity index (χ1v) is 17.9. The number of hydrogen-bond donors (Lipinski definition) is 0. The van der Waals surface area contributed by atoms with Crippen LogP contribution in [0.15, 0.2) is 35.4 Å². The Morgan fingerprint density at radius 2 is 1.51 bits per heavy atom. The van der Waals surface area contributed by atoms with Crippen LogP contribution in [-0.2, 0) is 32.2 Å². The van der Waals surface area contributed by atoms with Gasteiger partial charge in [0.25, 0.3) is 0 Å². The van der Waals surface area contributed by atoms with E-state index in [1.165, 1.54) is 16.7 Å². The number of nitrogens with zero attached hydrogens (tertiary/aromatic N) is 1. The molecule has 6 aliphatic rings. The molecule has 1 heterocycles. The van der Waals surface area contributed by atoms with E-state index in [0.717, 1.165) is 56.9 Å². The van der Waals surface area contributed by atoms with Crippen molar-refractivity contribution in [2.24, 2.45) is 50.7 Å². The first kappa shape index (κ1) is 31.2. The summed E-state index contributed by atoms with van der Waals surface area (Å²) >= 11 is 0. The fourth-order valence-corrected chi connectivity index (χ4v) is 13.0. The molecule has 0 bridgehead atoms. The first-order valence-electron chi connectivity index (χ1n) is 17.9. The number of benzene rings is 1. The van der Waals surface area contributed by atoms with Crippen molar-refractivity contribution in [3.8, 4) is 0 Å². The molecule has 45 heavy (non-hydrogen) atoms. The quantitative estimate of drug-likeness (QED) is 0.321. The van der Waals surface area contributed by atoms with Crippen LogP contribution in [0.25, 0.3) is 0 Å². The van der Waals surface area contributed by atoms with Crippen molar-refractivity contribution in [2.75, 3.05) is 0 Å². The molecule has 5 heteroatoms. The Morgan fingerprint density at radius 1 is 0.844 bits per heavy atom. The maximum atomic E-state index is 14.8. The van der Waals surface area contributed by atoms with Gasteiger partial charge in [-0.2, -0.15) is 0 Å². The van der Waals surface area contributed by atoms with E-state index < -0.39 is 5.41 Å². The first-order chi connectivity index (χ1) is 21.1. The molecule has 1 amide bonds.